The van der Waals surface area contributed by atoms with Gasteiger partial charge in [-0.1, -0.05) is 0 Å². The van der Waals surface area contributed by atoms with Gasteiger partial charge < -0.3 is 5.73 Å². The zero-order valence-electron chi connectivity index (χ0n) is 5.74. The molecule has 4 heteroatoms. The average molecular weight is 149 g/mol. The Bertz CT molecular complexity index is 295. The van der Waals surface area contributed by atoms with Gasteiger partial charge in [-0.15, -0.1) is 0 Å². The van der Waals surface area contributed by atoms with Crippen molar-refractivity contribution in [1.29, 1.82) is 5.41 Å². The van der Waals surface area contributed by atoms with E-state index < -0.39 is 0 Å². The monoisotopic (exact) mass is 149 g/mol. The minimum Gasteiger partial charge on any atom is -0.384 e. The number of hydrogen-bond donors (Lipinski definition) is 2. The molecule has 4 nitrogen and oxygen atoms in total. The van der Waals surface area contributed by atoms with E-state index in [-0.39, 0.29) is 5.84 Å². The van der Waals surface area contributed by atoms with Gasteiger partial charge in [0.1, 0.15) is 5.84 Å². The van der Waals surface area contributed by atoms with E-state index in [0.717, 1.165) is 0 Å². The van der Waals surface area contributed by atoms with E-state index in [1.165, 1.54) is 18.5 Å². The maximum atomic E-state index is 10.3. The van der Waals surface area contributed by atoms with Crippen LogP contribution in [0.5, 0.6) is 0 Å². The number of hydrogen-bond acceptors (Lipinski definition) is 3. The maximum Gasteiger partial charge on any atom is 0.152 e. The molecule has 3 N–H and O–H groups in total. The van der Waals surface area contributed by atoms with Crippen molar-refractivity contribution >= 4 is 12.1 Å². The molecule has 0 amide bonds. The summed E-state index contributed by atoms with van der Waals surface area (Å²) in [7, 11) is 0. The van der Waals surface area contributed by atoms with E-state index in [2.05, 4.69) is 4.98 Å². The highest BCUT2D eigenvalue weighted by atomic mass is 16.1. The minimum absolute atomic E-state index is 0.116. The van der Waals surface area contributed by atoms with Gasteiger partial charge in [0.2, 0.25) is 0 Å². The first-order valence-corrected chi connectivity index (χ1v) is 2.99. The fourth-order valence-electron chi connectivity index (χ4n) is 0.746. The molecule has 1 aromatic heterocycles. The highest BCUT2D eigenvalue weighted by Gasteiger charge is 2.01. The molecule has 11 heavy (non-hydrogen) atoms. The highest BCUT2D eigenvalue weighted by Crippen LogP contribution is 2.01. The van der Waals surface area contributed by atoms with E-state index >= 15 is 0 Å². The van der Waals surface area contributed by atoms with Crippen molar-refractivity contribution < 1.29 is 4.79 Å². The van der Waals surface area contributed by atoms with Crippen LogP contribution in [0, 0.1) is 5.41 Å². The second-order valence-electron chi connectivity index (χ2n) is 1.99. The molecular weight excluding hydrogens is 142 g/mol. The summed E-state index contributed by atoms with van der Waals surface area (Å²) in [5.41, 5.74) is 5.96. The molecule has 0 radical (unpaired) electrons. The number of pyridine rings is 1. The molecule has 0 spiro atoms. The molecule has 1 heterocycles. The Morgan fingerprint density at radius 1 is 1.73 bits per heavy atom. The number of nitrogens with two attached hydrogens (primary N) is 1. The predicted octanol–water partition coefficient (Wildman–Crippen LogP) is 0.178. The number of aromatic nitrogens is 1. The van der Waals surface area contributed by atoms with E-state index in [9.17, 15) is 4.79 Å². The van der Waals surface area contributed by atoms with Crippen molar-refractivity contribution in [2.45, 2.75) is 0 Å². The lowest BCUT2D eigenvalue weighted by Gasteiger charge is -1.98. The molecule has 0 saturated heterocycles. The molecule has 1 rings (SSSR count). The molecule has 0 aliphatic heterocycles. The molecule has 0 atom stereocenters. The van der Waals surface area contributed by atoms with Gasteiger partial charge in [-0.25, -0.2) is 0 Å². The number of nitrogens with one attached hydrogen (secondary N) is 1. The van der Waals surface area contributed by atoms with Crippen LogP contribution in [0.1, 0.15) is 15.9 Å². The van der Waals surface area contributed by atoms with E-state index in [0.29, 0.717) is 17.4 Å². The Morgan fingerprint density at radius 2 is 2.45 bits per heavy atom. The third-order valence-electron chi connectivity index (χ3n) is 1.27. The lowest BCUT2D eigenvalue weighted by Crippen LogP contribution is -2.13. The van der Waals surface area contributed by atoms with Gasteiger partial charge >= 0.3 is 0 Å². The van der Waals surface area contributed by atoms with Gasteiger partial charge in [0, 0.05) is 23.5 Å². The molecule has 1 aromatic rings. The first-order chi connectivity index (χ1) is 5.25. The molecule has 0 aromatic carbocycles. The third-order valence-corrected chi connectivity index (χ3v) is 1.27. The SMILES string of the molecule is N=C(N)c1ccncc1C=O. The predicted molar refractivity (Wildman–Crippen MR) is 40.6 cm³/mol. The molecule has 56 valence electrons. The molecule has 0 saturated carbocycles. The first-order valence-electron chi connectivity index (χ1n) is 2.99. The number of amidine groups is 1. The largest absolute Gasteiger partial charge is 0.384 e. The van der Waals surface area contributed by atoms with Gasteiger partial charge in [-0.3, -0.25) is 15.2 Å². The molecule has 0 aliphatic rings. The Kier molecular flexibility index (Phi) is 1.96. The Hall–Kier alpha value is -1.71. The van der Waals surface area contributed by atoms with Crippen molar-refractivity contribution in [1.82, 2.24) is 4.98 Å². The van der Waals surface area contributed by atoms with Crippen LogP contribution in [0.4, 0.5) is 0 Å². The van der Waals surface area contributed by atoms with Crippen molar-refractivity contribution in [3.05, 3.63) is 29.6 Å². The zero-order valence-corrected chi connectivity index (χ0v) is 5.74. The summed E-state index contributed by atoms with van der Waals surface area (Å²) >= 11 is 0. The van der Waals surface area contributed by atoms with Crippen LogP contribution >= 0.6 is 0 Å². The number of nitrogens with zero attached hydrogens (tertiary/aromatic N) is 1. The number of nitrogen functional groups attached to an aromatic ring is 1. The zero-order chi connectivity index (χ0) is 8.27. The fraction of sp³-hybridized carbons (Fsp3) is 0. The standard InChI is InChI=1S/C7H7N3O/c8-7(9)6-1-2-10-3-5(6)4-11/h1-4H,(H3,8,9). The third kappa shape index (κ3) is 1.40. The highest BCUT2D eigenvalue weighted by molar-refractivity contribution is 6.01. The summed E-state index contributed by atoms with van der Waals surface area (Å²) in [6.45, 7) is 0. The maximum absolute atomic E-state index is 10.3. The summed E-state index contributed by atoms with van der Waals surface area (Å²) in [4.78, 5) is 14.1. The normalized spacial score (nSPS) is 9.09. The smallest absolute Gasteiger partial charge is 0.152 e. The Labute approximate surface area is 63.6 Å². The van der Waals surface area contributed by atoms with Crippen LogP contribution < -0.4 is 5.73 Å². The average Bonchev–Trinajstić information content (AvgIpc) is 2.04. The van der Waals surface area contributed by atoms with Crippen molar-refractivity contribution in [3.8, 4) is 0 Å². The van der Waals surface area contributed by atoms with Crippen LogP contribution in [-0.4, -0.2) is 17.1 Å². The Balaban J connectivity index is 3.22. The first kappa shape index (κ1) is 7.40. The fourth-order valence-corrected chi connectivity index (χ4v) is 0.746. The van der Waals surface area contributed by atoms with Gasteiger partial charge in [-0.2, -0.15) is 0 Å². The van der Waals surface area contributed by atoms with Gasteiger partial charge in [0.15, 0.2) is 6.29 Å². The molecule has 0 bridgehead atoms. The number of carbonyl (C=O) groups excluding carboxylic acids is 1. The summed E-state index contributed by atoms with van der Waals surface area (Å²) in [5.74, 6) is -0.116. The van der Waals surface area contributed by atoms with Crippen LogP contribution in [0.25, 0.3) is 0 Å². The van der Waals surface area contributed by atoms with E-state index in [4.69, 9.17) is 11.1 Å². The van der Waals surface area contributed by atoms with Gasteiger partial charge in [0.05, 0.1) is 0 Å². The summed E-state index contributed by atoms with van der Waals surface area (Å²) < 4.78 is 0. The lowest BCUT2D eigenvalue weighted by atomic mass is 10.1. The van der Waals surface area contributed by atoms with Crippen LogP contribution in [0.2, 0.25) is 0 Å². The Morgan fingerprint density at radius 3 is 2.91 bits per heavy atom. The minimum atomic E-state index is -0.116. The van der Waals surface area contributed by atoms with Crippen LogP contribution in [0.15, 0.2) is 18.5 Å². The molecule has 0 unspecified atom stereocenters. The second-order valence-corrected chi connectivity index (χ2v) is 1.99. The van der Waals surface area contributed by atoms with Crippen LogP contribution in [0.3, 0.4) is 0 Å². The lowest BCUT2D eigenvalue weighted by molar-refractivity contribution is 0.112. The number of aldehydes is 1. The molecular formula is C7H7N3O. The topological polar surface area (TPSA) is 79.8 Å². The number of rotatable bonds is 2. The summed E-state index contributed by atoms with van der Waals surface area (Å²) in [6.07, 6.45) is 3.50. The van der Waals surface area contributed by atoms with Gasteiger partial charge in [-0.05, 0) is 6.07 Å². The van der Waals surface area contributed by atoms with Crippen molar-refractivity contribution in [3.63, 3.8) is 0 Å². The number of carbonyl (C=O) groups is 1. The quantitative estimate of drug-likeness (QED) is 0.357. The van der Waals surface area contributed by atoms with E-state index in [1.807, 2.05) is 0 Å². The molecule has 0 fully saturated rings. The van der Waals surface area contributed by atoms with Gasteiger partial charge in [0.25, 0.3) is 0 Å². The second kappa shape index (κ2) is 2.92. The van der Waals surface area contributed by atoms with Crippen molar-refractivity contribution in [2.75, 3.05) is 0 Å². The summed E-state index contributed by atoms with van der Waals surface area (Å²) in [6, 6.07) is 1.53. The summed E-state index contributed by atoms with van der Waals surface area (Å²) in [5, 5.41) is 7.07. The van der Waals surface area contributed by atoms with Crippen molar-refractivity contribution in [2.24, 2.45) is 5.73 Å². The van der Waals surface area contributed by atoms with Crippen LogP contribution in [-0.2, 0) is 0 Å². The van der Waals surface area contributed by atoms with E-state index in [1.54, 1.807) is 0 Å². The molecule has 0 aliphatic carbocycles.